The molecule has 0 spiro atoms. The Morgan fingerprint density at radius 1 is 1.18 bits per heavy atom. The van der Waals surface area contributed by atoms with E-state index in [4.69, 9.17) is 10.8 Å². The summed E-state index contributed by atoms with van der Waals surface area (Å²) in [5.74, 6) is 2.79. The van der Waals surface area contributed by atoms with E-state index in [1.807, 2.05) is 0 Å². The first-order valence-electron chi connectivity index (χ1n) is 6.71. The van der Waals surface area contributed by atoms with Gasteiger partial charge in [0.15, 0.2) is 8.32 Å². The lowest BCUT2D eigenvalue weighted by atomic mass is 9.96. The molecule has 0 aliphatic heterocycles. The van der Waals surface area contributed by atoms with Crippen LogP contribution in [0.15, 0.2) is 0 Å². The van der Waals surface area contributed by atoms with Crippen LogP contribution in [0, 0.1) is 12.3 Å². The molecule has 1 unspecified atom stereocenters. The molecule has 100 valence electrons. The van der Waals surface area contributed by atoms with Gasteiger partial charge in [0.1, 0.15) is 0 Å². The largest absolute Gasteiger partial charge is 0.411 e. The van der Waals surface area contributed by atoms with E-state index >= 15 is 0 Å². The second-order valence-electron chi connectivity index (χ2n) is 6.80. The van der Waals surface area contributed by atoms with E-state index < -0.39 is 8.32 Å². The molecule has 0 rings (SSSR count). The molecule has 2 heteroatoms. The standard InChI is InChI=1S/C15H30OSi/c1-9-11-13-15(6,12-10-2)16-17(7,8)14(3,4)5/h2H,9,11-13H2,1,3-8H3. The topological polar surface area (TPSA) is 9.23 Å². The van der Waals surface area contributed by atoms with E-state index in [1.165, 1.54) is 12.8 Å². The van der Waals surface area contributed by atoms with Crippen LogP contribution in [0.5, 0.6) is 0 Å². The van der Waals surface area contributed by atoms with Gasteiger partial charge in [-0.2, -0.15) is 0 Å². The molecule has 0 aromatic rings. The van der Waals surface area contributed by atoms with Crippen molar-refractivity contribution in [3.8, 4) is 12.3 Å². The molecule has 0 N–H and O–H groups in total. The van der Waals surface area contributed by atoms with Crippen LogP contribution in [0.4, 0.5) is 0 Å². The van der Waals surface area contributed by atoms with E-state index in [-0.39, 0.29) is 10.6 Å². The van der Waals surface area contributed by atoms with Crippen molar-refractivity contribution in [2.24, 2.45) is 0 Å². The van der Waals surface area contributed by atoms with E-state index in [9.17, 15) is 0 Å². The highest BCUT2D eigenvalue weighted by Gasteiger charge is 2.42. The summed E-state index contributed by atoms with van der Waals surface area (Å²) in [5.41, 5.74) is -0.131. The van der Waals surface area contributed by atoms with Crippen molar-refractivity contribution in [1.82, 2.24) is 0 Å². The molecule has 0 fully saturated rings. The zero-order chi connectivity index (χ0) is 13.7. The minimum atomic E-state index is -1.72. The smallest absolute Gasteiger partial charge is 0.192 e. The number of hydrogen-bond donors (Lipinski definition) is 0. The monoisotopic (exact) mass is 254 g/mol. The van der Waals surface area contributed by atoms with Crippen molar-refractivity contribution < 1.29 is 4.43 Å². The van der Waals surface area contributed by atoms with Gasteiger partial charge in [-0.25, -0.2) is 0 Å². The highest BCUT2D eigenvalue weighted by molar-refractivity contribution is 6.74. The average molecular weight is 254 g/mol. The summed E-state index contributed by atoms with van der Waals surface area (Å²) >= 11 is 0. The van der Waals surface area contributed by atoms with Crippen molar-refractivity contribution in [2.75, 3.05) is 0 Å². The van der Waals surface area contributed by atoms with Gasteiger partial charge in [-0.3, -0.25) is 0 Å². The van der Waals surface area contributed by atoms with Gasteiger partial charge in [0.25, 0.3) is 0 Å². The highest BCUT2D eigenvalue weighted by Crippen LogP contribution is 2.40. The van der Waals surface area contributed by atoms with Crippen LogP contribution in [0.2, 0.25) is 18.1 Å². The normalized spacial score (nSPS) is 16.4. The van der Waals surface area contributed by atoms with E-state index in [2.05, 4.69) is 53.6 Å². The van der Waals surface area contributed by atoms with Crippen LogP contribution in [0.3, 0.4) is 0 Å². The van der Waals surface area contributed by atoms with Crippen LogP contribution >= 0.6 is 0 Å². The third-order valence-electron chi connectivity index (χ3n) is 3.84. The van der Waals surface area contributed by atoms with Gasteiger partial charge in [-0.05, 0) is 31.5 Å². The van der Waals surface area contributed by atoms with Gasteiger partial charge in [0.2, 0.25) is 0 Å². The molecule has 0 aromatic carbocycles. The highest BCUT2D eigenvalue weighted by atomic mass is 28.4. The van der Waals surface area contributed by atoms with Gasteiger partial charge >= 0.3 is 0 Å². The summed E-state index contributed by atoms with van der Waals surface area (Å²) in [6.45, 7) is 15.8. The van der Waals surface area contributed by atoms with E-state index in [1.54, 1.807) is 0 Å². The Morgan fingerprint density at radius 2 is 1.71 bits per heavy atom. The van der Waals surface area contributed by atoms with Crippen LogP contribution in [-0.2, 0) is 4.43 Å². The zero-order valence-electron chi connectivity index (χ0n) is 12.8. The molecule has 0 bridgehead atoms. The maximum absolute atomic E-state index is 6.53. The summed E-state index contributed by atoms with van der Waals surface area (Å²) in [6, 6.07) is 0. The zero-order valence-corrected chi connectivity index (χ0v) is 13.8. The molecule has 0 aliphatic rings. The summed E-state index contributed by atoms with van der Waals surface area (Å²) in [6.07, 6.45) is 9.67. The molecule has 0 radical (unpaired) electrons. The molecule has 1 nitrogen and oxygen atoms in total. The van der Waals surface area contributed by atoms with Gasteiger partial charge in [-0.1, -0.05) is 40.5 Å². The lowest BCUT2D eigenvalue weighted by Gasteiger charge is -2.44. The number of terminal acetylenes is 1. The van der Waals surface area contributed by atoms with Crippen LogP contribution in [0.1, 0.15) is 60.3 Å². The fourth-order valence-electron chi connectivity index (χ4n) is 1.71. The van der Waals surface area contributed by atoms with Gasteiger partial charge < -0.3 is 4.43 Å². The Balaban J connectivity index is 4.81. The lowest BCUT2D eigenvalue weighted by molar-refractivity contribution is 0.0657. The molecule has 0 aromatic heterocycles. The quantitative estimate of drug-likeness (QED) is 0.480. The van der Waals surface area contributed by atoms with Gasteiger partial charge in [0.05, 0.1) is 5.60 Å². The number of unbranched alkanes of at least 4 members (excludes halogenated alkanes) is 1. The predicted octanol–water partition coefficient (Wildman–Crippen LogP) is 4.98. The second-order valence-corrected chi connectivity index (χ2v) is 11.5. The fourth-order valence-corrected chi connectivity index (χ4v) is 3.42. The first kappa shape index (κ1) is 16.7. The first-order valence-corrected chi connectivity index (χ1v) is 9.62. The lowest BCUT2D eigenvalue weighted by Crippen LogP contribution is -2.48. The summed E-state index contributed by atoms with van der Waals surface area (Å²) in [5, 5.41) is 0.245. The second kappa shape index (κ2) is 6.07. The SMILES string of the molecule is C#CCC(C)(CCCC)O[Si](C)(C)C(C)(C)C. The third kappa shape index (κ3) is 5.27. The van der Waals surface area contributed by atoms with Crippen molar-refractivity contribution in [1.29, 1.82) is 0 Å². The molecule has 0 heterocycles. The van der Waals surface area contributed by atoms with Crippen LogP contribution in [-0.4, -0.2) is 13.9 Å². The van der Waals surface area contributed by atoms with Crippen LogP contribution < -0.4 is 0 Å². The number of hydrogen-bond acceptors (Lipinski definition) is 1. The minimum Gasteiger partial charge on any atom is -0.411 e. The van der Waals surface area contributed by atoms with E-state index in [0.717, 1.165) is 12.8 Å². The number of rotatable bonds is 6. The third-order valence-corrected chi connectivity index (χ3v) is 8.46. The molecule has 0 saturated carbocycles. The predicted molar refractivity (Wildman–Crippen MR) is 79.7 cm³/mol. The van der Waals surface area contributed by atoms with Gasteiger partial charge in [0, 0.05) is 6.42 Å². The molecule has 0 saturated heterocycles. The Hall–Kier alpha value is -0.263. The summed E-state index contributed by atoms with van der Waals surface area (Å²) < 4.78 is 6.53. The molecule has 0 aliphatic carbocycles. The Kier molecular flexibility index (Phi) is 5.97. The minimum absolute atomic E-state index is 0.131. The summed E-state index contributed by atoms with van der Waals surface area (Å²) in [7, 11) is -1.72. The molecule has 1 atom stereocenters. The van der Waals surface area contributed by atoms with Crippen molar-refractivity contribution in [2.45, 2.75) is 84.0 Å². The Morgan fingerprint density at radius 3 is 2.06 bits per heavy atom. The Labute approximate surface area is 109 Å². The average Bonchev–Trinajstić information content (AvgIpc) is 2.12. The fraction of sp³-hybridized carbons (Fsp3) is 0.867. The molecule has 17 heavy (non-hydrogen) atoms. The Bertz CT molecular complexity index is 270. The maximum atomic E-state index is 6.53. The molecular formula is C15H30OSi. The summed E-state index contributed by atoms with van der Waals surface area (Å²) in [4.78, 5) is 0. The van der Waals surface area contributed by atoms with Gasteiger partial charge in [-0.15, -0.1) is 12.3 Å². The molecule has 0 amide bonds. The van der Waals surface area contributed by atoms with Crippen molar-refractivity contribution >= 4 is 8.32 Å². The van der Waals surface area contributed by atoms with Crippen molar-refractivity contribution in [3.63, 3.8) is 0 Å². The maximum Gasteiger partial charge on any atom is 0.192 e. The van der Waals surface area contributed by atoms with E-state index in [0.29, 0.717) is 0 Å². The van der Waals surface area contributed by atoms with Crippen molar-refractivity contribution in [3.05, 3.63) is 0 Å². The van der Waals surface area contributed by atoms with Crippen LogP contribution in [0.25, 0.3) is 0 Å². The molecular weight excluding hydrogens is 224 g/mol. The first-order chi connectivity index (χ1) is 7.58.